The quantitative estimate of drug-likeness (QED) is 0.553. The molecule has 0 radical (unpaired) electrons. The normalized spacial score (nSPS) is 12.0. The largest absolute Gasteiger partial charge is 0.448 e. The summed E-state index contributed by atoms with van der Waals surface area (Å²) in [4.78, 5) is 31.4. The molecule has 0 aliphatic carbocycles. The average molecular weight is 353 g/mol. The van der Waals surface area contributed by atoms with Gasteiger partial charge in [-0.1, -0.05) is 35.5 Å². The predicted octanol–water partition coefficient (Wildman–Crippen LogP) is 3.80. The molecule has 1 N–H and O–H groups in total. The van der Waals surface area contributed by atoms with Crippen molar-refractivity contribution in [2.45, 2.75) is 33.8 Å². The van der Waals surface area contributed by atoms with Crippen molar-refractivity contribution in [3.8, 4) is 11.4 Å². The number of rotatable bonds is 5. The molecule has 3 aromatic rings. The van der Waals surface area contributed by atoms with Gasteiger partial charge >= 0.3 is 5.97 Å². The van der Waals surface area contributed by atoms with Crippen LogP contribution in [0.5, 0.6) is 0 Å². The summed E-state index contributed by atoms with van der Waals surface area (Å²) < 4.78 is 10.6. The molecular weight excluding hydrogens is 334 g/mol. The smallest absolute Gasteiger partial charge is 0.355 e. The Bertz CT molecular complexity index is 957. The highest BCUT2D eigenvalue weighted by Gasteiger charge is 2.25. The first kappa shape index (κ1) is 17.6. The number of hydrogen-bond donors (Lipinski definition) is 1. The Morgan fingerprint density at radius 2 is 1.88 bits per heavy atom. The van der Waals surface area contributed by atoms with Crippen LogP contribution in [0.2, 0.25) is 0 Å². The van der Waals surface area contributed by atoms with E-state index in [1.165, 1.54) is 6.92 Å². The summed E-state index contributed by atoms with van der Waals surface area (Å²) in [5.41, 5.74) is 2.78. The second-order valence-corrected chi connectivity index (χ2v) is 6.05. The molecule has 0 aliphatic rings. The van der Waals surface area contributed by atoms with Gasteiger partial charge in [0.25, 0.3) is 5.89 Å². The Hall–Kier alpha value is -3.22. The van der Waals surface area contributed by atoms with Gasteiger partial charge in [-0.05, 0) is 33.3 Å². The molecule has 3 rings (SSSR count). The van der Waals surface area contributed by atoms with Gasteiger partial charge in [0.2, 0.25) is 5.82 Å². The minimum atomic E-state index is -0.726. The highest BCUT2D eigenvalue weighted by atomic mass is 16.6. The van der Waals surface area contributed by atoms with Crippen molar-refractivity contribution in [3.63, 3.8) is 0 Å². The standard InChI is InChI=1S/C19H19N3O4/c1-10-15(12(3)23)11(2)20-16(10)19(24)25-13(4)18-21-17(22-26-18)14-8-6-5-7-9-14/h5-9,13,20H,1-4H3/t13-/m0/s1. The van der Waals surface area contributed by atoms with Gasteiger partial charge in [0.15, 0.2) is 11.9 Å². The molecule has 0 amide bonds. The molecule has 2 heterocycles. The third kappa shape index (κ3) is 3.28. The first-order chi connectivity index (χ1) is 12.4. The molecule has 0 fully saturated rings. The zero-order valence-electron chi connectivity index (χ0n) is 15.0. The zero-order valence-corrected chi connectivity index (χ0v) is 15.0. The number of aromatic nitrogens is 3. The molecule has 0 unspecified atom stereocenters. The van der Waals surface area contributed by atoms with Crippen molar-refractivity contribution in [2.24, 2.45) is 0 Å². The molecule has 0 spiro atoms. The van der Waals surface area contributed by atoms with Crippen LogP contribution in [-0.2, 0) is 4.74 Å². The van der Waals surface area contributed by atoms with E-state index in [0.29, 0.717) is 22.6 Å². The maximum Gasteiger partial charge on any atom is 0.355 e. The Labute approximate surface area is 150 Å². The summed E-state index contributed by atoms with van der Waals surface area (Å²) in [6.45, 7) is 6.57. The summed E-state index contributed by atoms with van der Waals surface area (Å²) in [5.74, 6) is -0.0583. The van der Waals surface area contributed by atoms with Crippen LogP contribution in [0.25, 0.3) is 11.4 Å². The second kappa shape index (κ2) is 6.95. The van der Waals surface area contributed by atoms with Crippen molar-refractivity contribution in [1.82, 2.24) is 15.1 Å². The molecule has 134 valence electrons. The number of Topliss-reactive ketones (excluding diaryl/α,β-unsaturated/α-hetero) is 1. The maximum absolute atomic E-state index is 12.5. The number of ether oxygens (including phenoxy) is 1. The fourth-order valence-electron chi connectivity index (χ4n) is 2.86. The van der Waals surface area contributed by atoms with Gasteiger partial charge in [-0.2, -0.15) is 4.98 Å². The number of benzene rings is 1. The van der Waals surface area contributed by atoms with E-state index >= 15 is 0 Å². The van der Waals surface area contributed by atoms with Crippen molar-refractivity contribution in [2.75, 3.05) is 0 Å². The van der Waals surface area contributed by atoms with Crippen LogP contribution in [-0.4, -0.2) is 26.9 Å². The summed E-state index contributed by atoms with van der Waals surface area (Å²) in [7, 11) is 0. The first-order valence-corrected chi connectivity index (χ1v) is 8.18. The van der Waals surface area contributed by atoms with E-state index in [2.05, 4.69) is 15.1 Å². The van der Waals surface area contributed by atoms with Crippen molar-refractivity contribution in [1.29, 1.82) is 0 Å². The molecule has 1 aromatic carbocycles. The highest BCUT2D eigenvalue weighted by Crippen LogP contribution is 2.24. The van der Waals surface area contributed by atoms with Gasteiger partial charge in [0.05, 0.1) is 0 Å². The molecule has 0 saturated heterocycles. The van der Waals surface area contributed by atoms with Gasteiger partial charge in [-0.25, -0.2) is 4.79 Å². The molecule has 0 saturated carbocycles. The first-order valence-electron chi connectivity index (χ1n) is 8.18. The number of carbonyl (C=O) groups is 2. The summed E-state index contributed by atoms with van der Waals surface area (Å²) in [6.07, 6.45) is -0.726. The summed E-state index contributed by atoms with van der Waals surface area (Å²) in [5, 5.41) is 3.92. The number of esters is 1. The molecule has 0 bridgehead atoms. The number of H-pyrrole nitrogens is 1. The lowest BCUT2D eigenvalue weighted by molar-refractivity contribution is 0.0258. The van der Waals surface area contributed by atoms with Crippen molar-refractivity contribution in [3.05, 3.63) is 58.7 Å². The fraction of sp³-hybridized carbons (Fsp3) is 0.263. The minimum Gasteiger partial charge on any atom is -0.448 e. The molecule has 2 aromatic heterocycles. The summed E-state index contributed by atoms with van der Waals surface area (Å²) >= 11 is 0. The van der Waals surface area contributed by atoms with Crippen molar-refractivity contribution < 1.29 is 18.8 Å². The average Bonchev–Trinajstić information content (AvgIpc) is 3.20. The van der Waals surface area contributed by atoms with E-state index in [1.807, 2.05) is 30.3 Å². The lowest BCUT2D eigenvalue weighted by Gasteiger charge is -2.08. The molecule has 7 nitrogen and oxygen atoms in total. The lowest BCUT2D eigenvalue weighted by atomic mass is 10.1. The number of nitrogens with zero attached hydrogens (tertiary/aromatic N) is 2. The monoisotopic (exact) mass is 353 g/mol. The maximum atomic E-state index is 12.5. The topological polar surface area (TPSA) is 98.1 Å². The van der Waals surface area contributed by atoms with Gasteiger partial charge in [0, 0.05) is 16.8 Å². The Kier molecular flexibility index (Phi) is 4.71. The fourth-order valence-corrected chi connectivity index (χ4v) is 2.86. The highest BCUT2D eigenvalue weighted by molar-refractivity contribution is 6.01. The minimum absolute atomic E-state index is 0.104. The Balaban J connectivity index is 1.77. The Morgan fingerprint density at radius 1 is 1.19 bits per heavy atom. The number of hydrogen-bond acceptors (Lipinski definition) is 6. The van der Waals surface area contributed by atoms with Crippen LogP contribution in [0.4, 0.5) is 0 Å². The van der Waals surface area contributed by atoms with Gasteiger partial charge in [-0.3, -0.25) is 4.79 Å². The molecule has 1 atom stereocenters. The molecular formula is C19H19N3O4. The van der Waals surface area contributed by atoms with Crippen LogP contribution in [0.15, 0.2) is 34.9 Å². The van der Waals surface area contributed by atoms with Gasteiger partial charge in [0.1, 0.15) is 5.69 Å². The number of carbonyl (C=O) groups excluding carboxylic acids is 2. The van der Waals surface area contributed by atoms with Gasteiger partial charge < -0.3 is 14.2 Å². The SMILES string of the molecule is CC(=O)c1c(C)[nH]c(C(=O)O[C@@H](C)c2nc(-c3ccccc3)no2)c1C. The van der Waals surface area contributed by atoms with Crippen LogP contribution < -0.4 is 0 Å². The van der Waals surface area contributed by atoms with Crippen LogP contribution in [0, 0.1) is 13.8 Å². The molecule has 26 heavy (non-hydrogen) atoms. The zero-order chi connectivity index (χ0) is 18.8. The number of nitrogens with one attached hydrogen (secondary N) is 1. The second-order valence-electron chi connectivity index (χ2n) is 6.05. The van der Waals surface area contributed by atoms with Crippen LogP contribution >= 0.6 is 0 Å². The number of aryl methyl sites for hydroxylation is 1. The van der Waals surface area contributed by atoms with E-state index in [9.17, 15) is 9.59 Å². The summed E-state index contributed by atoms with van der Waals surface area (Å²) in [6, 6.07) is 9.36. The number of aromatic amines is 1. The number of ketones is 1. The van der Waals surface area contributed by atoms with Crippen molar-refractivity contribution >= 4 is 11.8 Å². The van der Waals surface area contributed by atoms with E-state index in [4.69, 9.17) is 9.26 Å². The lowest BCUT2D eigenvalue weighted by Crippen LogP contribution is -2.11. The molecule has 0 aliphatic heterocycles. The molecule has 7 heteroatoms. The Morgan fingerprint density at radius 3 is 2.50 bits per heavy atom. The van der Waals surface area contributed by atoms with E-state index in [1.54, 1.807) is 20.8 Å². The van der Waals surface area contributed by atoms with Crippen LogP contribution in [0.1, 0.15) is 57.9 Å². The third-order valence-corrected chi connectivity index (χ3v) is 4.10. The van der Waals surface area contributed by atoms with Gasteiger partial charge in [-0.15, -0.1) is 0 Å². The third-order valence-electron chi connectivity index (χ3n) is 4.10. The van der Waals surface area contributed by atoms with E-state index in [0.717, 1.165) is 5.56 Å². The van der Waals surface area contributed by atoms with E-state index < -0.39 is 12.1 Å². The predicted molar refractivity (Wildman–Crippen MR) is 93.8 cm³/mol. The van der Waals surface area contributed by atoms with E-state index in [-0.39, 0.29) is 17.4 Å². The van der Waals surface area contributed by atoms with Crippen LogP contribution in [0.3, 0.4) is 0 Å².